The van der Waals surface area contributed by atoms with E-state index >= 15 is 0 Å². The number of pyridine rings is 1. The number of ether oxygens (including phenoxy) is 1. The molecule has 2 heterocycles. The molecule has 0 saturated heterocycles. The van der Waals surface area contributed by atoms with Crippen molar-refractivity contribution in [3.63, 3.8) is 0 Å². The molecule has 2 rings (SSSR count). The molecule has 0 amide bonds. The second kappa shape index (κ2) is 5.07. The van der Waals surface area contributed by atoms with Crippen molar-refractivity contribution in [1.29, 1.82) is 0 Å². The van der Waals surface area contributed by atoms with Crippen LogP contribution >= 0.6 is 0 Å². The molecule has 0 aliphatic carbocycles. The third-order valence-corrected chi connectivity index (χ3v) is 2.65. The predicted octanol–water partition coefficient (Wildman–Crippen LogP) is 2.03. The van der Waals surface area contributed by atoms with Crippen LogP contribution in [0.5, 0.6) is 0 Å². The number of aromatic nitrogens is 3. The van der Waals surface area contributed by atoms with Crippen LogP contribution < -0.4 is 0 Å². The monoisotopic (exact) mass is 219 g/mol. The lowest BCUT2D eigenvalue weighted by Gasteiger charge is -2.04. The van der Waals surface area contributed by atoms with Crippen molar-refractivity contribution in [3.05, 3.63) is 24.2 Å². The minimum atomic E-state index is 0.778. The van der Waals surface area contributed by atoms with Gasteiger partial charge in [-0.15, -0.1) is 0 Å². The first-order chi connectivity index (χ1) is 7.86. The lowest BCUT2D eigenvalue weighted by molar-refractivity contribution is 0.194. The van der Waals surface area contributed by atoms with Gasteiger partial charge in [-0.2, -0.15) is 0 Å². The van der Waals surface area contributed by atoms with Crippen LogP contribution in [0, 0.1) is 0 Å². The molecule has 2 aromatic rings. The van der Waals surface area contributed by atoms with Crippen molar-refractivity contribution in [2.75, 3.05) is 13.7 Å². The van der Waals surface area contributed by atoms with E-state index in [0.29, 0.717) is 0 Å². The summed E-state index contributed by atoms with van der Waals surface area (Å²) in [4.78, 5) is 8.97. The number of aryl methyl sites for hydroxylation is 2. The van der Waals surface area contributed by atoms with Crippen molar-refractivity contribution in [2.45, 2.75) is 26.3 Å². The lowest BCUT2D eigenvalue weighted by Crippen LogP contribution is -2.04. The molecule has 0 spiro atoms. The summed E-state index contributed by atoms with van der Waals surface area (Å²) in [6, 6.07) is 3.93. The number of hydrogen-bond acceptors (Lipinski definition) is 3. The van der Waals surface area contributed by atoms with Crippen molar-refractivity contribution in [3.8, 4) is 0 Å². The van der Waals surface area contributed by atoms with E-state index in [1.807, 2.05) is 18.3 Å². The summed E-state index contributed by atoms with van der Waals surface area (Å²) in [5, 5.41) is 0. The van der Waals surface area contributed by atoms with Gasteiger partial charge >= 0.3 is 0 Å². The smallest absolute Gasteiger partial charge is 0.159 e. The van der Waals surface area contributed by atoms with Gasteiger partial charge in [0.05, 0.1) is 0 Å². The molecule has 0 unspecified atom stereocenters. The molecule has 0 aliphatic heterocycles. The molecule has 4 heteroatoms. The fraction of sp³-hybridized carbons (Fsp3) is 0.500. The van der Waals surface area contributed by atoms with E-state index in [-0.39, 0.29) is 0 Å². The summed E-state index contributed by atoms with van der Waals surface area (Å²) in [6.07, 6.45) is 3.76. The maximum atomic E-state index is 5.06. The van der Waals surface area contributed by atoms with Gasteiger partial charge in [-0.3, -0.25) is 0 Å². The highest BCUT2D eigenvalue weighted by Gasteiger charge is 2.09. The maximum absolute atomic E-state index is 5.06. The van der Waals surface area contributed by atoms with Crippen molar-refractivity contribution < 1.29 is 4.74 Å². The Labute approximate surface area is 95.3 Å². The van der Waals surface area contributed by atoms with Crippen LogP contribution in [0.1, 0.15) is 19.2 Å². The number of imidazole rings is 1. The summed E-state index contributed by atoms with van der Waals surface area (Å²) < 4.78 is 7.23. The second-order valence-electron chi connectivity index (χ2n) is 3.71. The van der Waals surface area contributed by atoms with E-state index in [9.17, 15) is 0 Å². The largest absolute Gasteiger partial charge is 0.385 e. The van der Waals surface area contributed by atoms with Gasteiger partial charge in [0.15, 0.2) is 5.65 Å². The summed E-state index contributed by atoms with van der Waals surface area (Å²) in [5.74, 6) is 1.10. The highest BCUT2D eigenvalue weighted by Crippen LogP contribution is 2.14. The topological polar surface area (TPSA) is 39.9 Å². The van der Waals surface area contributed by atoms with Gasteiger partial charge in [-0.25, -0.2) is 9.97 Å². The van der Waals surface area contributed by atoms with E-state index in [1.165, 1.54) is 0 Å². The van der Waals surface area contributed by atoms with E-state index in [2.05, 4.69) is 21.5 Å². The maximum Gasteiger partial charge on any atom is 0.159 e. The number of nitrogens with zero attached hydrogens (tertiary/aromatic N) is 3. The lowest BCUT2D eigenvalue weighted by atomic mass is 10.3. The molecule has 4 nitrogen and oxygen atoms in total. The zero-order valence-electron chi connectivity index (χ0n) is 9.81. The molecule has 2 aromatic heterocycles. The highest BCUT2D eigenvalue weighted by molar-refractivity contribution is 5.71. The molecule has 86 valence electrons. The summed E-state index contributed by atoms with van der Waals surface area (Å²) in [7, 11) is 1.73. The van der Waals surface area contributed by atoms with Gasteiger partial charge in [0.2, 0.25) is 0 Å². The third-order valence-electron chi connectivity index (χ3n) is 2.65. The zero-order valence-corrected chi connectivity index (χ0v) is 9.81. The first kappa shape index (κ1) is 11.1. The minimum Gasteiger partial charge on any atom is -0.385 e. The highest BCUT2D eigenvalue weighted by atomic mass is 16.5. The molecule has 0 saturated carbocycles. The minimum absolute atomic E-state index is 0.778. The van der Waals surface area contributed by atoms with Crippen LogP contribution in [-0.4, -0.2) is 28.3 Å². The Morgan fingerprint density at radius 1 is 1.44 bits per heavy atom. The quantitative estimate of drug-likeness (QED) is 0.722. The first-order valence-corrected chi connectivity index (χ1v) is 5.66. The Bertz CT molecular complexity index is 464. The van der Waals surface area contributed by atoms with Crippen LogP contribution in [0.4, 0.5) is 0 Å². The van der Waals surface area contributed by atoms with Crippen LogP contribution in [0.25, 0.3) is 11.2 Å². The van der Waals surface area contributed by atoms with Crippen molar-refractivity contribution in [2.24, 2.45) is 0 Å². The van der Waals surface area contributed by atoms with E-state index in [4.69, 9.17) is 4.74 Å². The van der Waals surface area contributed by atoms with Gasteiger partial charge in [0.25, 0.3) is 0 Å². The van der Waals surface area contributed by atoms with Gasteiger partial charge < -0.3 is 9.30 Å². The predicted molar refractivity (Wildman–Crippen MR) is 63.4 cm³/mol. The molecular formula is C12H17N3O. The molecule has 0 aromatic carbocycles. The Morgan fingerprint density at radius 3 is 3.06 bits per heavy atom. The van der Waals surface area contributed by atoms with Crippen LogP contribution in [-0.2, 0) is 17.7 Å². The fourth-order valence-corrected chi connectivity index (χ4v) is 1.90. The fourth-order valence-electron chi connectivity index (χ4n) is 1.90. The van der Waals surface area contributed by atoms with Gasteiger partial charge in [0, 0.05) is 32.9 Å². The molecule has 0 N–H and O–H groups in total. The Kier molecular flexibility index (Phi) is 3.51. The average Bonchev–Trinajstić information content (AvgIpc) is 2.67. The van der Waals surface area contributed by atoms with Crippen molar-refractivity contribution >= 4 is 11.2 Å². The van der Waals surface area contributed by atoms with Crippen molar-refractivity contribution in [1.82, 2.24) is 14.5 Å². The van der Waals surface area contributed by atoms with E-state index < -0.39 is 0 Å². The first-order valence-electron chi connectivity index (χ1n) is 5.66. The Morgan fingerprint density at radius 2 is 2.31 bits per heavy atom. The summed E-state index contributed by atoms with van der Waals surface area (Å²) >= 11 is 0. The van der Waals surface area contributed by atoms with Gasteiger partial charge in [-0.1, -0.05) is 0 Å². The molecular weight excluding hydrogens is 202 g/mol. The number of methoxy groups -OCH3 is 1. The Balaban J connectivity index is 2.29. The SMILES string of the molecule is CCn1c(CCCOC)nc2cccnc21. The van der Waals surface area contributed by atoms with Gasteiger partial charge in [-0.05, 0) is 25.5 Å². The summed E-state index contributed by atoms with van der Waals surface area (Å²) in [5.41, 5.74) is 1.97. The number of rotatable bonds is 5. The third kappa shape index (κ3) is 2.07. The number of fused-ring (bicyclic) bond motifs is 1. The van der Waals surface area contributed by atoms with E-state index in [0.717, 1.165) is 43.0 Å². The standard InChI is InChI=1S/C12H17N3O/c1-3-15-11(7-5-9-16-2)14-10-6-4-8-13-12(10)15/h4,6,8H,3,5,7,9H2,1-2H3. The summed E-state index contributed by atoms with van der Waals surface area (Å²) in [6.45, 7) is 3.81. The van der Waals surface area contributed by atoms with Crippen LogP contribution in [0.15, 0.2) is 18.3 Å². The normalized spacial score (nSPS) is 11.1. The Hall–Kier alpha value is -1.42. The second-order valence-corrected chi connectivity index (χ2v) is 3.71. The molecule has 0 radical (unpaired) electrons. The molecule has 0 aliphatic rings. The number of hydrogen-bond donors (Lipinski definition) is 0. The van der Waals surface area contributed by atoms with E-state index in [1.54, 1.807) is 7.11 Å². The molecule has 0 atom stereocenters. The molecule has 16 heavy (non-hydrogen) atoms. The van der Waals surface area contributed by atoms with Crippen LogP contribution in [0.2, 0.25) is 0 Å². The zero-order chi connectivity index (χ0) is 11.4. The average molecular weight is 219 g/mol. The van der Waals surface area contributed by atoms with Crippen LogP contribution in [0.3, 0.4) is 0 Å². The molecule has 0 fully saturated rings. The molecule has 0 bridgehead atoms. The van der Waals surface area contributed by atoms with Gasteiger partial charge in [0.1, 0.15) is 11.3 Å².